The van der Waals surface area contributed by atoms with Crippen molar-refractivity contribution in [3.8, 4) is 11.5 Å². The third-order valence-electron chi connectivity index (χ3n) is 4.82. The zero-order valence-electron chi connectivity index (χ0n) is 14.7. The van der Waals surface area contributed by atoms with Crippen LogP contribution in [0.4, 0.5) is 5.69 Å². The third kappa shape index (κ3) is 2.98. The Morgan fingerprint density at radius 2 is 2.08 bits per heavy atom. The number of ether oxygens (including phenoxy) is 1. The number of phenolic OH excluding ortho intramolecular Hbond substituents is 1. The second-order valence-corrected chi connectivity index (χ2v) is 6.53. The second-order valence-electron chi connectivity index (χ2n) is 6.53. The number of hydrogen-bond acceptors (Lipinski definition) is 4. The van der Waals surface area contributed by atoms with Crippen LogP contribution in [0.2, 0.25) is 0 Å². The molecule has 1 aliphatic rings. The highest BCUT2D eigenvalue weighted by Crippen LogP contribution is 2.27. The summed E-state index contributed by atoms with van der Waals surface area (Å²) in [6, 6.07) is 10.4. The van der Waals surface area contributed by atoms with Gasteiger partial charge in [0.2, 0.25) is 0 Å². The standard InChI is InChI=1S/C20H21N3O3/c1-26-14-7-8-15(18(24)12-14)20(25)21-13-6-9-17-16(11-13)22-19-5-3-2-4-10-23(17)19/h6-9,11-12,24H,2-5,10H2,1H3,(H,21,25). The molecule has 0 unspecified atom stereocenters. The van der Waals surface area contributed by atoms with Gasteiger partial charge < -0.3 is 19.7 Å². The number of carbonyl (C=O) groups excluding carboxylic acids is 1. The summed E-state index contributed by atoms with van der Waals surface area (Å²) in [4.78, 5) is 17.2. The molecule has 0 atom stereocenters. The maximum absolute atomic E-state index is 12.5. The van der Waals surface area contributed by atoms with E-state index in [9.17, 15) is 9.90 Å². The summed E-state index contributed by atoms with van der Waals surface area (Å²) < 4.78 is 7.32. The fraction of sp³-hybridized carbons (Fsp3) is 0.300. The number of nitrogens with one attached hydrogen (secondary N) is 1. The summed E-state index contributed by atoms with van der Waals surface area (Å²) in [6.07, 6.45) is 4.58. The normalized spacial score (nSPS) is 13.9. The van der Waals surface area contributed by atoms with E-state index in [2.05, 4.69) is 9.88 Å². The topological polar surface area (TPSA) is 76.4 Å². The molecule has 1 aromatic heterocycles. The lowest BCUT2D eigenvalue weighted by Crippen LogP contribution is -2.12. The van der Waals surface area contributed by atoms with Gasteiger partial charge in [-0.2, -0.15) is 0 Å². The molecule has 26 heavy (non-hydrogen) atoms. The number of aromatic nitrogens is 2. The van der Waals surface area contributed by atoms with E-state index in [4.69, 9.17) is 9.72 Å². The Morgan fingerprint density at radius 3 is 2.88 bits per heavy atom. The SMILES string of the molecule is COc1ccc(C(=O)Nc2ccc3c(c2)nc2n3CCCCC2)c(O)c1. The Hall–Kier alpha value is -3.02. The van der Waals surface area contributed by atoms with E-state index >= 15 is 0 Å². The largest absolute Gasteiger partial charge is 0.507 e. The number of amides is 1. The molecule has 1 aliphatic heterocycles. The molecule has 0 saturated carbocycles. The molecule has 0 saturated heterocycles. The Kier molecular flexibility index (Phi) is 4.24. The predicted octanol–water partition coefficient (Wildman–Crippen LogP) is 3.73. The lowest BCUT2D eigenvalue weighted by molar-refractivity contribution is 0.102. The number of benzene rings is 2. The van der Waals surface area contributed by atoms with Crippen molar-refractivity contribution in [3.63, 3.8) is 0 Å². The molecule has 4 rings (SSSR count). The Morgan fingerprint density at radius 1 is 1.19 bits per heavy atom. The van der Waals surface area contributed by atoms with Gasteiger partial charge in [-0.25, -0.2) is 4.98 Å². The zero-order chi connectivity index (χ0) is 18.1. The van der Waals surface area contributed by atoms with Crippen molar-refractivity contribution in [2.24, 2.45) is 0 Å². The van der Waals surface area contributed by atoms with Gasteiger partial charge in [-0.1, -0.05) is 6.42 Å². The van der Waals surface area contributed by atoms with Crippen molar-refractivity contribution < 1.29 is 14.6 Å². The van der Waals surface area contributed by atoms with Crippen molar-refractivity contribution in [1.82, 2.24) is 9.55 Å². The van der Waals surface area contributed by atoms with Crippen LogP contribution in [0.1, 0.15) is 35.4 Å². The molecule has 0 aliphatic carbocycles. The van der Waals surface area contributed by atoms with Crippen molar-refractivity contribution in [2.45, 2.75) is 32.2 Å². The summed E-state index contributed by atoms with van der Waals surface area (Å²) in [6.45, 7) is 0.997. The van der Waals surface area contributed by atoms with E-state index in [0.29, 0.717) is 11.4 Å². The van der Waals surface area contributed by atoms with Gasteiger partial charge in [0.05, 0.1) is 23.7 Å². The molecule has 1 amide bonds. The number of methoxy groups -OCH3 is 1. The minimum atomic E-state index is -0.370. The number of phenols is 1. The van der Waals surface area contributed by atoms with E-state index in [1.807, 2.05) is 18.2 Å². The van der Waals surface area contributed by atoms with E-state index in [1.54, 1.807) is 12.1 Å². The van der Waals surface area contributed by atoms with Crippen LogP contribution in [0.25, 0.3) is 11.0 Å². The Balaban J connectivity index is 1.60. The second kappa shape index (κ2) is 6.71. The van der Waals surface area contributed by atoms with Crippen molar-refractivity contribution in [1.29, 1.82) is 0 Å². The van der Waals surface area contributed by atoms with E-state index in [-0.39, 0.29) is 17.2 Å². The summed E-state index contributed by atoms with van der Waals surface area (Å²) in [5.41, 5.74) is 2.85. The summed E-state index contributed by atoms with van der Waals surface area (Å²) in [7, 11) is 1.51. The molecule has 2 heterocycles. The van der Waals surface area contributed by atoms with Gasteiger partial charge in [-0.05, 0) is 43.2 Å². The van der Waals surface area contributed by atoms with Crippen LogP contribution in [-0.4, -0.2) is 27.7 Å². The van der Waals surface area contributed by atoms with Gasteiger partial charge in [0, 0.05) is 24.7 Å². The number of carbonyl (C=O) groups is 1. The average Bonchev–Trinajstić information content (AvgIpc) is 2.81. The van der Waals surface area contributed by atoms with Crippen LogP contribution in [0.5, 0.6) is 11.5 Å². The smallest absolute Gasteiger partial charge is 0.259 e. The maximum atomic E-state index is 12.5. The van der Waals surface area contributed by atoms with Crippen LogP contribution >= 0.6 is 0 Å². The molecule has 3 aromatic rings. The van der Waals surface area contributed by atoms with Crippen LogP contribution in [0.3, 0.4) is 0 Å². The summed E-state index contributed by atoms with van der Waals surface area (Å²) >= 11 is 0. The first-order valence-corrected chi connectivity index (χ1v) is 8.83. The summed E-state index contributed by atoms with van der Waals surface area (Å²) in [5, 5.41) is 12.9. The molecule has 0 bridgehead atoms. The molecule has 0 spiro atoms. The lowest BCUT2D eigenvalue weighted by Gasteiger charge is -2.09. The fourth-order valence-electron chi connectivity index (χ4n) is 3.46. The highest BCUT2D eigenvalue weighted by atomic mass is 16.5. The van der Waals surface area contributed by atoms with Gasteiger partial charge >= 0.3 is 0 Å². The highest BCUT2D eigenvalue weighted by Gasteiger charge is 2.16. The lowest BCUT2D eigenvalue weighted by atomic mass is 10.1. The quantitative estimate of drug-likeness (QED) is 0.754. The molecular weight excluding hydrogens is 330 g/mol. The number of aryl methyl sites for hydroxylation is 2. The molecule has 0 radical (unpaired) electrons. The minimum Gasteiger partial charge on any atom is -0.507 e. The first-order valence-electron chi connectivity index (χ1n) is 8.83. The van der Waals surface area contributed by atoms with Gasteiger partial charge in [-0.15, -0.1) is 0 Å². The first-order chi connectivity index (χ1) is 12.7. The molecule has 0 fully saturated rings. The fourth-order valence-corrected chi connectivity index (χ4v) is 3.46. The number of fused-ring (bicyclic) bond motifs is 3. The molecular formula is C20H21N3O3. The number of hydrogen-bond donors (Lipinski definition) is 2. The van der Waals surface area contributed by atoms with Crippen LogP contribution in [-0.2, 0) is 13.0 Å². The van der Waals surface area contributed by atoms with E-state index in [0.717, 1.165) is 29.8 Å². The van der Waals surface area contributed by atoms with Gasteiger partial charge in [0.25, 0.3) is 5.91 Å². The van der Waals surface area contributed by atoms with Crippen LogP contribution < -0.4 is 10.1 Å². The number of rotatable bonds is 3. The molecule has 134 valence electrons. The van der Waals surface area contributed by atoms with Crippen molar-refractivity contribution in [3.05, 3.63) is 47.8 Å². The Bertz CT molecular complexity index is 978. The molecule has 6 heteroatoms. The number of nitrogens with zero attached hydrogens (tertiary/aromatic N) is 2. The van der Waals surface area contributed by atoms with Crippen molar-refractivity contribution >= 4 is 22.6 Å². The first kappa shape index (κ1) is 16.4. The highest BCUT2D eigenvalue weighted by molar-refractivity contribution is 6.06. The predicted molar refractivity (Wildman–Crippen MR) is 99.9 cm³/mol. The Labute approximate surface area is 151 Å². The van der Waals surface area contributed by atoms with Crippen LogP contribution in [0, 0.1) is 0 Å². The number of imidazole rings is 1. The molecule has 2 aromatic carbocycles. The zero-order valence-corrected chi connectivity index (χ0v) is 14.7. The van der Waals surface area contributed by atoms with E-state index < -0.39 is 0 Å². The number of aromatic hydroxyl groups is 1. The van der Waals surface area contributed by atoms with Crippen molar-refractivity contribution in [2.75, 3.05) is 12.4 Å². The molecule has 6 nitrogen and oxygen atoms in total. The van der Waals surface area contributed by atoms with Crippen LogP contribution in [0.15, 0.2) is 36.4 Å². The van der Waals surface area contributed by atoms with Gasteiger partial charge in [-0.3, -0.25) is 4.79 Å². The maximum Gasteiger partial charge on any atom is 0.259 e. The minimum absolute atomic E-state index is 0.114. The number of anilines is 1. The van der Waals surface area contributed by atoms with E-state index in [1.165, 1.54) is 32.4 Å². The average molecular weight is 351 g/mol. The monoisotopic (exact) mass is 351 g/mol. The third-order valence-corrected chi connectivity index (χ3v) is 4.82. The van der Waals surface area contributed by atoms with Gasteiger partial charge in [0.1, 0.15) is 17.3 Å². The molecule has 2 N–H and O–H groups in total. The van der Waals surface area contributed by atoms with Gasteiger partial charge in [0.15, 0.2) is 0 Å². The summed E-state index contributed by atoms with van der Waals surface area (Å²) in [5.74, 6) is 1.13.